The molecule has 3 aromatic heterocycles. The second-order valence-electron chi connectivity index (χ2n) is 6.96. The van der Waals surface area contributed by atoms with Gasteiger partial charge in [0.1, 0.15) is 5.82 Å². The van der Waals surface area contributed by atoms with Gasteiger partial charge < -0.3 is 4.90 Å². The average Bonchev–Trinajstić information content (AvgIpc) is 3.34. The molecule has 1 saturated heterocycles. The van der Waals surface area contributed by atoms with E-state index in [0.29, 0.717) is 24.7 Å². The van der Waals surface area contributed by atoms with Crippen LogP contribution in [-0.2, 0) is 11.2 Å². The van der Waals surface area contributed by atoms with Crippen molar-refractivity contribution >= 4 is 5.91 Å². The minimum absolute atomic E-state index is 0.0197. The molecule has 0 radical (unpaired) electrons. The normalized spacial score (nSPS) is 16.4. The Morgan fingerprint density at radius 3 is 2.79 bits per heavy atom. The third-order valence-corrected chi connectivity index (χ3v) is 4.53. The monoisotopic (exact) mass is 379 g/mol. The van der Waals surface area contributed by atoms with Crippen molar-refractivity contribution in [2.45, 2.75) is 32.7 Å². The lowest BCUT2D eigenvalue weighted by atomic mass is 10.2. The Bertz CT molecular complexity index is 969. The zero-order valence-corrected chi connectivity index (χ0v) is 15.8. The zero-order chi connectivity index (χ0) is 19.5. The third kappa shape index (κ3) is 4.11. The van der Waals surface area contributed by atoms with Gasteiger partial charge in [0, 0.05) is 43.4 Å². The van der Waals surface area contributed by atoms with Crippen LogP contribution in [0.15, 0.2) is 30.9 Å². The summed E-state index contributed by atoms with van der Waals surface area (Å²) < 4.78 is 0. The number of hydrogen-bond donors (Lipinski definition) is 1. The van der Waals surface area contributed by atoms with E-state index in [1.165, 1.54) is 4.91 Å². The van der Waals surface area contributed by atoms with Crippen LogP contribution < -0.4 is 5.43 Å². The summed E-state index contributed by atoms with van der Waals surface area (Å²) in [5.41, 5.74) is 6.01. The van der Waals surface area contributed by atoms with Crippen LogP contribution in [0.2, 0.25) is 0 Å². The molecule has 1 amide bonds. The smallest absolute Gasteiger partial charge is 0.230 e. The summed E-state index contributed by atoms with van der Waals surface area (Å²) in [6.45, 7) is 5.13. The van der Waals surface area contributed by atoms with Crippen molar-refractivity contribution < 1.29 is 4.79 Å². The van der Waals surface area contributed by atoms with E-state index in [1.54, 1.807) is 24.8 Å². The van der Waals surface area contributed by atoms with Crippen LogP contribution in [-0.4, -0.2) is 65.2 Å². The summed E-state index contributed by atoms with van der Waals surface area (Å²) in [5.74, 6) is 1.07. The molecule has 1 N–H and O–H groups in total. The van der Waals surface area contributed by atoms with Crippen molar-refractivity contribution in [2.75, 3.05) is 18.5 Å². The van der Waals surface area contributed by atoms with Crippen LogP contribution in [0.3, 0.4) is 0 Å². The third-order valence-electron chi connectivity index (χ3n) is 4.53. The fraction of sp³-hybridized carbons (Fsp3) is 0.389. The SMILES string of the molecule is Cc1cnc(CC(=O)N2CCC(Nn3nnc(-c4cncc(C)c4)n3)C2)nc1. The summed E-state index contributed by atoms with van der Waals surface area (Å²) in [4.78, 5) is 28.2. The van der Waals surface area contributed by atoms with Crippen molar-refractivity contribution in [1.29, 1.82) is 0 Å². The van der Waals surface area contributed by atoms with Gasteiger partial charge in [0.05, 0.1) is 12.5 Å². The number of hydrogen-bond acceptors (Lipinski definition) is 8. The van der Waals surface area contributed by atoms with Crippen LogP contribution in [0.1, 0.15) is 23.4 Å². The number of carbonyl (C=O) groups is 1. The number of nitrogens with zero attached hydrogens (tertiary/aromatic N) is 8. The van der Waals surface area contributed by atoms with Crippen LogP contribution in [0.4, 0.5) is 0 Å². The molecule has 1 atom stereocenters. The Morgan fingerprint density at radius 1 is 1.18 bits per heavy atom. The number of rotatable bonds is 5. The fourth-order valence-electron chi connectivity index (χ4n) is 3.07. The summed E-state index contributed by atoms with van der Waals surface area (Å²) in [7, 11) is 0. The lowest BCUT2D eigenvalue weighted by Gasteiger charge is -2.16. The van der Waals surface area contributed by atoms with E-state index < -0.39 is 0 Å². The molecular formula is C18H21N9O. The molecule has 3 aromatic rings. The molecule has 0 aliphatic carbocycles. The van der Waals surface area contributed by atoms with Gasteiger partial charge in [-0.25, -0.2) is 9.97 Å². The van der Waals surface area contributed by atoms with Crippen LogP contribution >= 0.6 is 0 Å². The summed E-state index contributed by atoms with van der Waals surface area (Å²) in [5, 5.41) is 12.5. The van der Waals surface area contributed by atoms with Crippen LogP contribution in [0, 0.1) is 13.8 Å². The highest BCUT2D eigenvalue weighted by molar-refractivity contribution is 5.78. The number of amides is 1. The first-order valence-corrected chi connectivity index (χ1v) is 9.11. The zero-order valence-electron chi connectivity index (χ0n) is 15.8. The van der Waals surface area contributed by atoms with Gasteiger partial charge in [-0.2, -0.15) is 0 Å². The van der Waals surface area contributed by atoms with Gasteiger partial charge in [-0.3, -0.25) is 15.2 Å². The number of tetrazole rings is 1. The Labute approximate surface area is 162 Å². The first-order chi connectivity index (χ1) is 13.6. The van der Waals surface area contributed by atoms with Crippen LogP contribution in [0.25, 0.3) is 11.4 Å². The van der Waals surface area contributed by atoms with E-state index in [0.717, 1.165) is 23.1 Å². The summed E-state index contributed by atoms with van der Waals surface area (Å²) >= 11 is 0. The topological polar surface area (TPSA) is 115 Å². The second kappa shape index (κ2) is 7.67. The quantitative estimate of drug-likeness (QED) is 0.683. The Hall–Kier alpha value is -3.43. The molecule has 1 aliphatic rings. The fourth-order valence-corrected chi connectivity index (χ4v) is 3.07. The maximum Gasteiger partial charge on any atom is 0.230 e. The Kier molecular flexibility index (Phi) is 4.92. The summed E-state index contributed by atoms with van der Waals surface area (Å²) in [6.07, 6.45) is 7.95. The van der Waals surface area contributed by atoms with Crippen molar-refractivity contribution in [2.24, 2.45) is 0 Å². The highest BCUT2D eigenvalue weighted by atomic mass is 16.2. The average molecular weight is 379 g/mol. The van der Waals surface area contributed by atoms with E-state index in [-0.39, 0.29) is 18.4 Å². The summed E-state index contributed by atoms with van der Waals surface area (Å²) in [6, 6.07) is 2.01. The number of aromatic nitrogens is 7. The lowest BCUT2D eigenvalue weighted by Crippen LogP contribution is -2.36. The molecule has 0 spiro atoms. The Balaban J connectivity index is 1.33. The molecule has 4 rings (SSSR count). The van der Waals surface area contributed by atoms with Gasteiger partial charge in [0.2, 0.25) is 11.7 Å². The molecule has 1 fully saturated rings. The van der Waals surface area contributed by atoms with E-state index >= 15 is 0 Å². The number of carbonyl (C=O) groups excluding carboxylic acids is 1. The molecule has 0 bridgehead atoms. The molecule has 0 aromatic carbocycles. The van der Waals surface area contributed by atoms with Crippen molar-refractivity contribution in [3.05, 3.63) is 47.8 Å². The first-order valence-electron chi connectivity index (χ1n) is 9.11. The molecule has 1 unspecified atom stereocenters. The van der Waals surface area contributed by atoms with Gasteiger partial charge in [-0.05, 0) is 42.7 Å². The van der Waals surface area contributed by atoms with Crippen LogP contribution in [0.5, 0.6) is 0 Å². The van der Waals surface area contributed by atoms with Gasteiger partial charge in [-0.1, -0.05) is 4.91 Å². The predicted molar refractivity (Wildman–Crippen MR) is 101 cm³/mol. The minimum Gasteiger partial charge on any atom is -0.340 e. The second-order valence-corrected chi connectivity index (χ2v) is 6.96. The maximum absolute atomic E-state index is 12.5. The highest BCUT2D eigenvalue weighted by Gasteiger charge is 2.27. The van der Waals surface area contributed by atoms with E-state index in [4.69, 9.17) is 0 Å². The largest absolute Gasteiger partial charge is 0.340 e. The molecule has 10 nitrogen and oxygen atoms in total. The number of aryl methyl sites for hydroxylation is 2. The highest BCUT2D eigenvalue weighted by Crippen LogP contribution is 2.14. The predicted octanol–water partition coefficient (Wildman–Crippen LogP) is 0.529. The van der Waals surface area contributed by atoms with E-state index in [9.17, 15) is 4.79 Å². The molecule has 4 heterocycles. The Morgan fingerprint density at radius 2 is 2.00 bits per heavy atom. The first kappa shape index (κ1) is 18.0. The lowest BCUT2D eigenvalue weighted by molar-refractivity contribution is -0.129. The minimum atomic E-state index is 0.0197. The molecule has 0 saturated carbocycles. The van der Waals surface area contributed by atoms with Crippen molar-refractivity contribution in [3.63, 3.8) is 0 Å². The molecule has 1 aliphatic heterocycles. The molecule has 144 valence electrons. The van der Waals surface area contributed by atoms with E-state index in [2.05, 4.69) is 35.8 Å². The van der Waals surface area contributed by atoms with Gasteiger partial charge >= 0.3 is 0 Å². The van der Waals surface area contributed by atoms with E-state index in [1.807, 2.05) is 24.8 Å². The molecule has 10 heteroatoms. The molecule has 28 heavy (non-hydrogen) atoms. The van der Waals surface area contributed by atoms with Crippen molar-refractivity contribution in [3.8, 4) is 11.4 Å². The van der Waals surface area contributed by atoms with Gasteiger partial charge in [0.25, 0.3) is 0 Å². The van der Waals surface area contributed by atoms with Gasteiger partial charge in [-0.15, -0.1) is 10.2 Å². The number of likely N-dealkylation sites (tertiary alicyclic amines) is 1. The molecular weight excluding hydrogens is 358 g/mol. The standard InChI is InChI=1S/C18H21N9O/c1-12-5-14(10-19-7-12)18-22-25-27(24-18)23-15-3-4-26(11-15)17(28)6-16-20-8-13(2)9-21-16/h5,7-10,15,23H,3-4,6,11H2,1-2H3. The number of pyridine rings is 1. The van der Waals surface area contributed by atoms with Gasteiger partial charge in [0.15, 0.2) is 0 Å². The number of nitrogens with one attached hydrogen (secondary N) is 1. The van der Waals surface area contributed by atoms with Crippen molar-refractivity contribution in [1.82, 2.24) is 40.2 Å². The maximum atomic E-state index is 12.5.